The topological polar surface area (TPSA) is 36.4 Å². The zero-order valence-corrected chi connectivity index (χ0v) is 12.4. The van der Waals surface area contributed by atoms with Crippen LogP contribution in [-0.4, -0.2) is 42.0 Å². The van der Waals surface area contributed by atoms with Crippen molar-refractivity contribution in [3.63, 3.8) is 0 Å². The molecular weight excluding hydrogens is 294 g/mol. The highest BCUT2D eigenvalue weighted by Crippen LogP contribution is 2.24. The molecule has 3 heterocycles. The maximum atomic E-state index is 12.2. The van der Waals surface area contributed by atoms with Crippen LogP contribution < -0.4 is 4.90 Å². The van der Waals surface area contributed by atoms with Crippen LogP contribution in [0.15, 0.2) is 35.8 Å². The number of piperazine rings is 1. The number of halogens is 1. The second-order valence-corrected chi connectivity index (χ2v) is 5.92. The fourth-order valence-corrected chi connectivity index (χ4v) is 3.22. The number of anilines is 1. The van der Waals surface area contributed by atoms with Crippen LogP contribution in [0.4, 0.5) is 5.82 Å². The lowest BCUT2D eigenvalue weighted by Gasteiger charge is -2.35. The number of amides is 1. The van der Waals surface area contributed by atoms with Crippen molar-refractivity contribution in [2.75, 3.05) is 31.1 Å². The largest absolute Gasteiger partial charge is 0.352 e. The number of aromatic nitrogens is 1. The second-order valence-electron chi connectivity index (χ2n) is 4.57. The number of thiophene rings is 1. The molecule has 104 valence electrons. The summed E-state index contributed by atoms with van der Waals surface area (Å²) in [4.78, 5) is 21.4. The lowest BCUT2D eigenvalue weighted by atomic mass is 10.3. The average molecular weight is 308 g/mol. The van der Waals surface area contributed by atoms with Gasteiger partial charge in [0, 0.05) is 32.4 Å². The van der Waals surface area contributed by atoms with E-state index in [2.05, 4.69) is 9.88 Å². The minimum absolute atomic E-state index is 0.117. The molecule has 2 aromatic heterocycles. The number of nitrogens with zero attached hydrogens (tertiary/aromatic N) is 3. The maximum absolute atomic E-state index is 12.2. The molecule has 0 atom stereocenters. The van der Waals surface area contributed by atoms with Gasteiger partial charge in [-0.3, -0.25) is 4.79 Å². The summed E-state index contributed by atoms with van der Waals surface area (Å²) in [5, 5.41) is 2.59. The van der Waals surface area contributed by atoms with Crippen molar-refractivity contribution in [3.8, 4) is 0 Å². The Morgan fingerprint density at radius 3 is 2.65 bits per heavy atom. The molecule has 1 amide bonds. The SMILES string of the molecule is O=C(c1cccs1)N1CCN(c2ncccc2Cl)CC1. The number of carbonyl (C=O) groups excluding carboxylic acids is 1. The van der Waals surface area contributed by atoms with Gasteiger partial charge in [0.05, 0.1) is 9.90 Å². The summed E-state index contributed by atoms with van der Waals surface area (Å²) in [7, 11) is 0. The van der Waals surface area contributed by atoms with Gasteiger partial charge in [-0.1, -0.05) is 17.7 Å². The molecule has 0 aliphatic carbocycles. The fourth-order valence-electron chi connectivity index (χ4n) is 2.29. The third-order valence-electron chi connectivity index (χ3n) is 3.34. The van der Waals surface area contributed by atoms with E-state index in [0.29, 0.717) is 18.1 Å². The summed E-state index contributed by atoms with van der Waals surface area (Å²) in [5.41, 5.74) is 0. The van der Waals surface area contributed by atoms with Crippen LogP contribution in [0.2, 0.25) is 5.02 Å². The number of hydrogen-bond acceptors (Lipinski definition) is 4. The summed E-state index contributed by atoms with van der Waals surface area (Å²) in [6.07, 6.45) is 1.74. The van der Waals surface area contributed by atoms with Gasteiger partial charge in [-0.05, 0) is 23.6 Å². The summed E-state index contributed by atoms with van der Waals surface area (Å²) < 4.78 is 0. The van der Waals surface area contributed by atoms with Crippen LogP contribution in [-0.2, 0) is 0 Å². The van der Waals surface area contributed by atoms with Crippen LogP contribution in [0, 0.1) is 0 Å². The van der Waals surface area contributed by atoms with E-state index in [4.69, 9.17) is 11.6 Å². The molecule has 0 saturated carbocycles. The van der Waals surface area contributed by atoms with Crippen molar-refractivity contribution < 1.29 is 4.79 Å². The van der Waals surface area contributed by atoms with Gasteiger partial charge >= 0.3 is 0 Å². The molecule has 6 heteroatoms. The summed E-state index contributed by atoms with van der Waals surface area (Å²) in [6, 6.07) is 7.44. The Labute approximate surface area is 126 Å². The van der Waals surface area contributed by atoms with Gasteiger partial charge in [-0.15, -0.1) is 11.3 Å². The Morgan fingerprint density at radius 1 is 1.20 bits per heavy atom. The van der Waals surface area contributed by atoms with Crippen molar-refractivity contribution >= 4 is 34.7 Å². The van der Waals surface area contributed by atoms with Crippen LogP contribution in [0.1, 0.15) is 9.67 Å². The summed E-state index contributed by atoms with van der Waals surface area (Å²) in [5.74, 6) is 0.921. The first-order valence-electron chi connectivity index (χ1n) is 6.44. The molecule has 1 fully saturated rings. The van der Waals surface area contributed by atoms with E-state index in [1.807, 2.05) is 34.5 Å². The number of hydrogen-bond donors (Lipinski definition) is 0. The first kappa shape index (κ1) is 13.4. The second kappa shape index (κ2) is 5.81. The quantitative estimate of drug-likeness (QED) is 0.856. The zero-order chi connectivity index (χ0) is 13.9. The average Bonchev–Trinajstić information content (AvgIpc) is 3.01. The normalized spacial score (nSPS) is 15.4. The smallest absolute Gasteiger partial charge is 0.264 e. The summed E-state index contributed by atoms with van der Waals surface area (Å²) in [6.45, 7) is 2.91. The molecule has 20 heavy (non-hydrogen) atoms. The van der Waals surface area contributed by atoms with E-state index in [1.165, 1.54) is 11.3 Å². The van der Waals surface area contributed by atoms with E-state index in [-0.39, 0.29) is 5.91 Å². The van der Waals surface area contributed by atoms with Gasteiger partial charge in [0.25, 0.3) is 5.91 Å². The van der Waals surface area contributed by atoms with Gasteiger partial charge in [0.2, 0.25) is 0 Å². The Bertz CT molecular complexity index is 594. The zero-order valence-electron chi connectivity index (χ0n) is 10.8. The predicted molar refractivity (Wildman–Crippen MR) is 81.7 cm³/mol. The van der Waals surface area contributed by atoms with Gasteiger partial charge in [0.1, 0.15) is 5.82 Å². The highest BCUT2D eigenvalue weighted by Gasteiger charge is 2.24. The lowest BCUT2D eigenvalue weighted by molar-refractivity contribution is 0.0751. The first-order chi connectivity index (χ1) is 9.75. The Kier molecular flexibility index (Phi) is 3.89. The first-order valence-corrected chi connectivity index (χ1v) is 7.70. The van der Waals surface area contributed by atoms with Crippen LogP contribution >= 0.6 is 22.9 Å². The predicted octanol–water partition coefficient (Wildman–Crippen LogP) is 2.76. The van der Waals surface area contributed by atoms with Gasteiger partial charge in [-0.2, -0.15) is 0 Å². The molecule has 0 aromatic carbocycles. The van der Waals surface area contributed by atoms with Crippen molar-refractivity contribution in [2.24, 2.45) is 0 Å². The van der Waals surface area contributed by atoms with Gasteiger partial charge in [0.15, 0.2) is 0 Å². The van der Waals surface area contributed by atoms with E-state index >= 15 is 0 Å². The van der Waals surface area contributed by atoms with E-state index < -0.39 is 0 Å². The van der Waals surface area contributed by atoms with Crippen molar-refractivity contribution in [2.45, 2.75) is 0 Å². The van der Waals surface area contributed by atoms with Crippen molar-refractivity contribution in [1.82, 2.24) is 9.88 Å². The van der Waals surface area contributed by atoms with E-state index in [1.54, 1.807) is 6.20 Å². The molecule has 3 rings (SSSR count). The summed E-state index contributed by atoms with van der Waals surface area (Å²) >= 11 is 7.64. The molecule has 1 aliphatic rings. The number of carbonyl (C=O) groups is 1. The molecule has 2 aromatic rings. The standard InChI is InChI=1S/C14H14ClN3OS/c15-11-3-1-5-16-13(11)17-6-8-18(9-7-17)14(19)12-4-2-10-20-12/h1-5,10H,6-9H2. The third kappa shape index (κ3) is 2.64. The molecule has 0 N–H and O–H groups in total. The molecule has 0 spiro atoms. The van der Waals surface area contributed by atoms with E-state index in [0.717, 1.165) is 23.8 Å². The molecular formula is C14H14ClN3OS. The van der Waals surface area contributed by atoms with Crippen LogP contribution in [0.25, 0.3) is 0 Å². The monoisotopic (exact) mass is 307 g/mol. The third-order valence-corrected chi connectivity index (χ3v) is 4.49. The highest BCUT2D eigenvalue weighted by molar-refractivity contribution is 7.12. The molecule has 0 bridgehead atoms. The fraction of sp³-hybridized carbons (Fsp3) is 0.286. The minimum atomic E-state index is 0.117. The van der Waals surface area contributed by atoms with Crippen molar-refractivity contribution in [1.29, 1.82) is 0 Å². The molecule has 0 unspecified atom stereocenters. The van der Waals surface area contributed by atoms with Crippen LogP contribution in [0.5, 0.6) is 0 Å². The number of pyridine rings is 1. The van der Waals surface area contributed by atoms with Gasteiger partial charge < -0.3 is 9.80 Å². The lowest BCUT2D eigenvalue weighted by Crippen LogP contribution is -2.49. The van der Waals surface area contributed by atoms with E-state index in [9.17, 15) is 4.79 Å². The molecule has 0 radical (unpaired) electrons. The number of rotatable bonds is 2. The van der Waals surface area contributed by atoms with Crippen LogP contribution in [0.3, 0.4) is 0 Å². The van der Waals surface area contributed by atoms with Crippen molar-refractivity contribution in [3.05, 3.63) is 45.7 Å². The maximum Gasteiger partial charge on any atom is 0.264 e. The minimum Gasteiger partial charge on any atom is -0.352 e. The highest BCUT2D eigenvalue weighted by atomic mass is 35.5. The Balaban J connectivity index is 1.65. The van der Waals surface area contributed by atoms with Gasteiger partial charge in [-0.25, -0.2) is 4.98 Å². The molecule has 4 nitrogen and oxygen atoms in total. The molecule has 1 aliphatic heterocycles. The Morgan fingerprint density at radius 2 is 2.00 bits per heavy atom. The molecule has 1 saturated heterocycles. The Hall–Kier alpha value is -1.59.